The van der Waals surface area contributed by atoms with E-state index in [2.05, 4.69) is 11.1 Å². The fourth-order valence-electron chi connectivity index (χ4n) is 3.90. The fraction of sp³-hybridized carbons (Fsp3) is 0.208. The Hall–Kier alpha value is -3.87. The van der Waals surface area contributed by atoms with Crippen LogP contribution in [-0.4, -0.2) is 20.9 Å². The van der Waals surface area contributed by atoms with Crippen LogP contribution in [0.15, 0.2) is 64.3 Å². The number of pyridine rings is 1. The molecular weight excluding hydrogens is 394 g/mol. The third kappa shape index (κ3) is 3.38. The van der Waals surface area contributed by atoms with Gasteiger partial charge in [0.15, 0.2) is 17.0 Å². The number of hydrogen-bond donors (Lipinski definition) is 0. The van der Waals surface area contributed by atoms with Crippen molar-refractivity contribution in [2.45, 2.75) is 26.9 Å². The van der Waals surface area contributed by atoms with Gasteiger partial charge in [0.1, 0.15) is 0 Å². The monoisotopic (exact) mass is 415 g/mol. The van der Waals surface area contributed by atoms with Crippen molar-refractivity contribution in [1.29, 1.82) is 0 Å². The fourth-order valence-corrected chi connectivity index (χ4v) is 3.90. The molecule has 0 saturated heterocycles. The second-order valence-corrected chi connectivity index (χ2v) is 7.75. The van der Waals surface area contributed by atoms with E-state index in [0.29, 0.717) is 23.6 Å². The SMILES string of the molecule is Cc1ccc(C)c(Cn2c(=O)n(Cc3ccc4c(c3)OCO4)c(=O)c3ncccc32)c1. The van der Waals surface area contributed by atoms with Crippen molar-refractivity contribution in [2.75, 3.05) is 6.79 Å². The molecule has 0 radical (unpaired) electrons. The van der Waals surface area contributed by atoms with Gasteiger partial charge in [0.05, 0.1) is 18.6 Å². The predicted molar refractivity (Wildman–Crippen MR) is 117 cm³/mol. The van der Waals surface area contributed by atoms with E-state index >= 15 is 0 Å². The predicted octanol–water partition coefficient (Wildman–Crippen LogP) is 3.00. The Kier molecular flexibility index (Phi) is 4.58. The molecule has 0 unspecified atom stereocenters. The summed E-state index contributed by atoms with van der Waals surface area (Å²) in [5.74, 6) is 1.27. The van der Waals surface area contributed by atoms with Gasteiger partial charge in [-0.2, -0.15) is 0 Å². The van der Waals surface area contributed by atoms with Crippen LogP contribution in [0.2, 0.25) is 0 Å². The van der Waals surface area contributed by atoms with Crippen molar-refractivity contribution < 1.29 is 9.47 Å². The summed E-state index contributed by atoms with van der Waals surface area (Å²) in [5.41, 5.74) is 4.03. The van der Waals surface area contributed by atoms with Gasteiger partial charge in [-0.3, -0.25) is 13.9 Å². The smallest absolute Gasteiger partial charge is 0.332 e. The van der Waals surface area contributed by atoms with E-state index in [1.54, 1.807) is 35.0 Å². The summed E-state index contributed by atoms with van der Waals surface area (Å²) >= 11 is 0. The Morgan fingerprint density at radius 3 is 2.65 bits per heavy atom. The van der Waals surface area contributed by atoms with Crippen LogP contribution in [0, 0.1) is 13.8 Å². The van der Waals surface area contributed by atoms with E-state index in [0.717, 1.165) is 22.3 Å². The number of aryl methyl sites for hydroxylation is 2. The van der Waals surface area contributed by atoms with Crippen molar-refractivity contribution in [2.24, 2.45) is 0 Å². The molecule has 0 spiro atoms. The molecular formula is C24H21N3O4. The third-order valence-electron chi connectivity index (χ3n) is 5.60. The zero-order valence-electron chi connectivity index (χ0n) is 17.3. The summed E-state index contributed by atoms with van der Waals surface area (Å²) in [6.45, 7) is 4.68. The summed E-state index contributed by atoms with van der Waals surface area (Å²) in [4.78, 5) is 30.9. The average Bonchev–Trinajstić information content (AvgIpc) is 3.24. The molecule has 4 aromatic rings. The highest BCUT2D eigenvalue weighted by molar-refractivity contribution is 5.73. The van der Waals surface area contributed by atoms with Crippen molar-refractivity contribution in [3.05, 3.63) is 97.8 Å². The zero-order chi connectivity index (χ0) is 21.5. The van der Waals surface area contributed by atoms with Crippen molar-refractivity contribution >= 4 is 11.0 Å². The van der Waals surface area contributed by atoms with Crippen LogP contribution in [0.3, 0.4) is 0 Å². The maximum absolute atomic E-state index is 13.5. The molecule has 1 aliphatic rings. The number of nitrogens with zero attached hydrogens (tertiary/aromatic N) is 3. The topological polar surface area (TPSA) is 75.3 Å². The molecule has 3 heterocycles. The van der Waals surface area contributed by atoms with E-state index in [1.165, 1.54) is 4.57 Å². The highest BCUT2D eigenvalue weighted by atomic mass is 16.7. The quantitative estimate of drug-likeness (QED) is 0.512. The van der Waals surface area contributed by atoms with Crippen LogP contribution in [0.5, 0.6) is 11.5 Å². The first kappa shape index (κ1) is 19.1. The minimum Gasteiger partial charge on any atom is -0.454 e. The van der Waals surface area contributed by atoms with Crippen molar-refractivity contribution in [3.63, 3.8) is 0 Å². The maximum atomic E-state index is 13.5. The largest absolute Gasteiger partial charge is 0.454 e. The molecule has 2 aromatic carbocycles. The van der Waals surface area contributed by atoms with Crippen LogP contribution in [0.25, 0.3) is 11.0 Å². The molecule has 7 heteroatoms. The Balaban J connectivity index is 1.66. The summed E-state index contributed by atoms with van der Waals surface area (Å²) in [5, 5.41) is 0. The number of fused-ring (bicyclic) bond motifs is 2. The molecule has 0 atom stereocenters. The number of hydrogen-bond acceptors (Lipinski definition) is 5. The lowest BCUT2D eigenvalue weighted by Gasteiger charge is -2.15. The lowest BCUT2D eigenvalue weighted by molar-refractivity contribution is 0.174. The Morgan fingerprint density at radius 2 is 1.77 bits per heavy atom. The van der Waals surface area contributed by atoms with Gasteiger partial charge in [-0.1, -0.05) is 29.8 Å². The minimum absolute atomic E-state index is 0.119. The van der Waals surface area contributed by atoms with Gasteiger partial charge in [0, 0.05) is 6.20 Å². The van der Waals surface area contributed by atoms with Gasteiger partial charge < -0.3 is 9.47 Å². The van der Waals surface area contributed by atoms with E-state index in [9.17, 15) is 9.59 Å². The van der Waals surface area contributed by atoms with Gasteiger partial charge in [-0.25, -0.2) is 9.78 Å². The first-order chi connectivity index (χ1) is 15.0. The van der Waals surface area contributed by atoms with Crippen LogP contribution < -0.4 is 20.7 Å². The van der Waals surface area contributed by atoms with E-state index in [1.807, 2.05) is 32.0 Å². The molecule has 2 aromatic heterocycles. The van der Waals surface area contributed by atoms with Gasteiger partial charge >= 0.3 is 5.69 Å². The van der Waals surface area contributed by atoms with Crippen LogP contribution in [-0.2, 0) is 13.1 Å². The second kappa shape index (κ2) is 7.43. The normalized spacial score (nSPS) is 12.5. The molecule has 7 nitrogen and oxygen atoms in total. The van der Waals surface area contributed by atoms with Crippen molar-refractivity contribution in [1.82, 2.24) is 14.1 Å². The van der Waals surface area contributed by atoms with E-state index in [4.69, 9.17) is 9.47 Å². The lowest BCUT2D eigenvalue weighted by Crippen LogP contribution is -2.41. The molecule has 0 N–H and O–H groups in total. The summed E-state index contributed by atoms with van der Waals surface area (Å²) in [6.07, 6.45) is 1.57. The number of rotatable bonds is 4. The molecule has 0 aliphatic carbocycles. The van der Waals surface area contributed by atoms with E-state index in [-0.39, 0.29) is 24.5 Å². The first-order valence-corrected chi connectivity index (χ1v) is 10.0. The molecule has 0 bridgehead atoms. The molecule has 0 fully saturated rings. The molecule has 1 aliphatic heterocycles. The lowest BCUT2D eigenvalue weighted by atomic mass is 10.1. The van der Waals surface area contributed by atoms with Gasteiger partial charge in [0.2, 0.25) is 6.79 Å². The third-order valence-corrected chi connectivity index (χ3v) is 5.60. The van der Waals surface area contributed by atoms with Crippen molar-refractivity contribution in [3.8, 4) is 11.5 Å². The Morgan fingerprint density at radius 1 is 0.935 bits per heavy atom. The average molecular weight is 415 g/mol. The van der Waals surface area contributed by atoms with Gasteiger partial charge in [-0.15, -0.1) is 0 Å². The Labute approximate surface area is 178 Å². The number of ether oxygens (including phenoxy) is 2. The summed E-state index contributed by atoms with van der Waals surface area (Å²) in [6, 6.07) is 15.1. The standard InChI is InChI=1S/C24H21N3O4/c1-15-5-6-16(2)18(10-15)13-26-19-4-3-9-25-22(19)23(28)27(24(26)29)12-17-7-8-20-21(11-17)31-14-30-20/h3-11H,12-14H2,1-2H3. The molecule has 0 amide bonds. The number of aromatic nitrogens is 3. The molecule has 156 valence electrons. The molecule has 0 saturated carbocycles. The molecule has 31 heavy (non-hydrogen) atoms. The van der Waals surface area contributed by atoms with Crippen LogP contribution >= 0.6 is 0 Å². The summed E-state index contributed by atoms with van der Waals surface area (Å²) in [7, 11) is 0. The van der Waals surface area contributed by atoms with Gasteiger partial charge in [0.25, 0.3) is 5.56 Å². The minimum atomic E-state index is -0.407. The first-order valence-electron chi connectivity index (χ1n) is 10.0. The number of benzene rings is 2. The molecule has 5 rings (SSSR count). The van der Waals surface area contributed by atoms with Crippen LogP contribution in [0.1, 0.15) is 22.3 Å². The zero-order valence-corrected chi connectivity index (χ0v) is 17.3. The summed E-state index contributed by atoms with van der Waals surface area (Å²) < 4.78 is 13.6. The Bertz CT molecular complexity index is 1440. The highest BCUT2D eigenvalue weighted by Crippen LogP contribution is 2.32. The van der Waals surface area contributed by atoms with Gasteiger partial charge in [-0.05, 0) is 54.8 Å². The van der Waals surface area contributed by atoms with E-state index < -0.39 is 5.56 Å². The second-order valence-electron chi connectivity index (χ2n) is 7.75. The maximum Gasteiger partial charge on any atom is 0.332 e. The van der Waals surface area contributed by atoms with Crippen LogP contribution in [0.4, 0.5) is 0 Å². The highest BCUT2D eigenvalue weighted by Gasteiger charge is 2.17.